The average molecular weight is 419 g/mol. The van der Waals surface area contributed by atoms with Crippen molar-refractivity contribution >= 4 is 34.6 Å². The number of anilines is 1. The molecule has 0 unspecified atom stereocenters. The number of rotatable bonds is 6. The molecule has 0 aliphatic heterocycles. The highest BCUT2D eigenvalue weighted by Crippen LogP contribution is 2.30. The SMILES string of the molecule is COc1ccc(CN(C(=S)Nc2ccc(C)c(Cl)c2)C2CCCC2)c(OC)c1. The van der Waals surface area contributed by atoms with E-state index in [1.165, 1.54) is 12.8 Å². The van der Waals surface area contributed by atoms with E-state index in [1.807, 2.05) is 43.3 Å². The van der Waals surface area contributed by atoms with Crippen molar-refractivity contribution in [1.82, 2.24) is 4.90 Å². The van der Waals surface area contributed by atoms with Crippen LogP contribution in [-0.2, 0) is 6.54 Å². The predicted molar refractivity (Wildman–Crippen MR) is 120 cm³/mol. The van der Waals surface area contributed by atoms with Crippen LogP contribution in [0.3, 0.4) is 0 Å². The molecule has 3 rings (SSSR count). The first-order chi connectivity index (χ1) is 13.5. The maximum atomic E-state index is 6.28. The van der Waals surface area contributed by atoms with Crippen molar-refractivity contribution in [2.45, 2.75) is 45.2 Å². The van der Waals surface area contributed by atoms with Gasteiger partial charge in [-0.05, 0) is 61.8 Å². The molecular weight excluding hydrogens is 392 g/mol. The molecule has 1 saturated carbocycles. The van der Waals surface area contributed by atoms with Gasteiger partial charge in [-0.2, -0.15) is 0 Å². The quantitative estimate of drug-likeness (QED) is 0.599. The van der Waals surface area contributed by atoms with Gasteiger partial charge in [0.05, 0.1) is 14.2 Å². The molecule has 1 aliphatic carbocycles. The molecule has 6 heteroatoms. The number of methoxy groups -OCH3 is 2. The molecular formula is C22H27ClN2O2S. The monoisotopic (exact) mass is 418 g/mol. The summed E-state index contributed by atoms with van der Waals surface area (Å²) in [7, 11) is 3.34. The van der Waals surface area contributed by atoms with Crippen LogP contribution in [0.25, 0.3) is 0 Å². The fourth-order valence-electron chi connectivity index (χ4n) is 3.61. The Morgan fingerprint density at radius 3 is 2.54 bits per heavy atom. The molecule has 4 nitrogen and oxygen atoms in total. The van der Waals surface area contributed by atoms with Gasteiger partial charge in [0.1, 0.15) is 11.5 Å². The van der Waals surface area contributed by atoms with E-state index in [4.69, 9.17) is 33.3 Å². The van der Waals surface area contributed by atoms with E-state index in [-0.39, 0.29) is 0 Å². The summed E-state index contributed by atoms with van der Waals surface area (Å²) in [6, 6.07) is 12.3. The molecule has 1 fully saturated rings. The van der Waals surface area contributed by atoms with Crippen LogP contribution >= 0.6 is 23.8 Å². The van der Waals surface area contributed by atoms with Crippen LogP contribution in [-0.4, -0.2) is 30.3 Å². The second-order valence-corrected chi connectivity index (χ2v) is 7.93. The molecule has 1 N–H and O–H groups in total. The number of halogens is 1. The molecule has 150 valence electrons. The maximum Gasteiger partial charge on any atom is 0.173 e. The Labute approximate surface area is 177 Å². The summed E-state index contributed by atoms with van der Waals surface area (Å²) >= 11 is 12.1. The first kappa shape index (κ1) is 20.7. The first-order valence-corrected chi connectivity index (χ1v) is 10.3. The Kier molecular flexibility index (Phi) is 7.03. The summed E-state index contributed by atoms with van der Waals surface area (Å²) in [5.41, 5.74) is 3.04. The highest BCUT2D eigenvalue weighted by atomic mass is 35.5. The fourth-order valence-corrected chi connectivity index (χ4v) is 4.13. The first-order valence-electron chi connectivity index (χ1n) is 9.56. The van der Waals surface area contributed by atoms with E-state index in [2.05, 4.69) is 10.2 Å². The van der Waals surface area contributed by atoms with Crippen molar-refractivity contribution in [2.24, 2.45) is 0 Å². The van der Waals surface area contributed by atoms with Gasteiger partial charge in [0.2, 0.25) is 0 Å². The Morgan fingerprint density at radius 2 is 1.89 bits per heavy atom. The van der Waals surface area contributed by atoms with Gasteiger partial charge in [-0.1, -0.05) is 30.5 Å². The van der Waals surface area contributed by atoms with E-state index in [1.54, 1.807) is 14.2 Å². The highest BCUT2D eigenvalue weighted by Gasteiger charge is 2.26. The highest BCUT2D eigenvalue weighted by molar-refractivity contribution is 7.80. The minimum atomic E-state index is 0.424. The second kappa shape index (κ2) is 9.48. The van der Waals surface area contributed by atoms with E-state index in [9.17, 15) is 0 Å². The van der Waals surface area contributed by atoms with Gasteiger partial charge in [0.15, 0.2) is 5.11 Å². The Bertz CT molecular complexity index is 837. The van der Waals surface area contributed by atoms with E-state index < -0.39 is 0 Å². The number of nitrogens with one attached hydrogen (secondary N) is 1. The molecule has 0 aromatic heterocycles. The van der Waals surface area contributed by atoms with E-state index in [0.29, 0.717) is 17.7 Å². The van der Waals surface area contributed by atoms with Gasteiger partial charge in [-0.25, -0.2) is 0 Å². The smallest absolute Gasteiger partial charge is 0.173 e. The third-order valence-electron chi connectivity index (χ3n) is 5.28. The van der Waals surface area contributed by atoms with E-state index in [0.717, 1.165) is 46.2 Å². The normalized spacial score (nSPS) is 14.0. The second-order valence-electron chi connectivity index (χ2n) is 7.14. The fraction of sp³-hybridized carbons (Fsp3) is 0.409. The standard InChI is InChI=1S/C22H27ClN2O2S/c1-15-8-10-17(12-20(15)23)24-22(28)25(18-6-4-5-7-18)14-16-9-11-19(26-2)13-21(16)27-3/h8-13,18H,4-7,14H2,1-3H3,(H,24,28). The molecule has 0 heterocycles. The Hall–Kier alpha value is -1.98. The molecule has 0 radical (unpaired) electrons. The molecule has 0 atom stereocenters. The van der Waals surface area contributed by atoms with Crippen molar-refractivity contribution in [1.29, 1.82) is 0 Å². The lowest BCUT2D eigenvalue weighted by atomic mass is 10.1. The van der Waals surface area contributed by atoms with Crippen LogP contribution < -0.4 is 14.8 Å². The third-order valence-corrected chi connectivity index (χ3v) is 6.03. The predicted octanol–water partition coefficient (Wildman–Crippen LogP) is 5.81. The zero-order valence-corrected chi connectivity index (χ0v) is 18.2. The summed E-state index contributed by atoms with van der Waals surface area (Å²) < 4.78 is 10.9. The van der Waals surface area contributed by atoms with E-state index >= 15 is 0 Å². The molecule has 0 spiro atoms. The van der Waals surface area contributed by atoms with Gasteiger partial charge < -0.3 is 19.7 Å². The van der Waals surface area contributed by atoms with Gasteiger partial charge in [-0.15, -0.1) is 0 Å². The number of thiocarbonyl (C=S) groups is 1. The Morgan fingerprint density at radius 1 is 1.14 bits per heavy atom. The number of ether oxygens (including phenoxy) is 2. The Balaban J connectivity index is 1.82. The zero-order valence-electron chi connectivity index (χ0n) is 16.6. The topological polar surface area (TPSA) is 33.7 Å². The third kappa shape index (κ3) is 4.89. The number of hydrogen-bond acceptors (Lipinski definition) is 3. The number of hydrogen-bond donors (Lipinski definition) is 1. The molecule has 1 aliphatic rings. The van der Waals surface area contributed by atoms with Crippen molar-refractivity contribution in [3.8, 4) is 11.5 Å². The molecule has 0 bridgehead atoms. The zero-order chi connectivity index (χ0) is 20.1. The lowest BCUT2D eigenvalue weighted by molar-refractivity contribution is 0.304. The minimum absolute atomic E-state index is 0.424. The van der Waals surface area contributed by atoms with Gasteiger partial charge >= 0.3 is 0 Å². The minimum Gasteiger partial charge on any atom is -0.497 e. The van der Waals surface area contributed by atoms with Gasteiger partial charge in [-0.3, -0.25) is 0 Å². The molecule has 2 aromatic carbocycles. The summed E-state index contributed by atoms with van der Waals surface area (Å²) in [6.07, 6.45) is 4.77. The summed E-state index contributed by atoms with van der Waals surface area (Å²) in [6.45, 7) is 2.68. The summed E-state index contributed by atoms with van der Waals surface area (Å²) in [4.78, 5) is 2.28. The van der Waals surface area contributed by atoms with Crippen molar-refractivity contribution in [3.05, 3.63) is 52.5 Å². The van der Waals surface area contributed by atoms with Crippen LogP contribution in [0.1, 0.15) is 36.8 Å². The van der Waals surface area contributed by atoms with Crippen LogP contribution in [0.2, 0.25) is 5.02 Å². The largest absolute Gasteiger partial charge is 0.497 e. The van der Waals surface area contributed by atoms with Crippen LogP contribution in [0.5, 0.6) is 11.5 Å². The molecule has 0 amide bonds. The summed E-state index contributed by atoms with van der Waals surface area (Å²) in [5, 5.41) is 4.82. The van der Waals surface area contributed by atoms with Crippen LogP contribution in [0.15, 0.2) is 36.4 Å². The summed E-state index contributed by atoms with van der Waals surface area (Å²) in [5.74, 6) is 1.59. The molecule has 2 aromatic rings. The van der Waals surface area contributed by atoms with Crippen LogP contribution in [0.4, 0.5) is 5.69 Å². The van der Waals surface area contributed by atoms with Crippen LogP contribution in [0, 0.1) is 6.92 Å². The van der Waals surface area contributed by atoms with Gasteiger partial charge in [0, 0.05) is 34.9 Å². The van der Waals surface area contributed by atoms with Crippen molar-refractivity contribution in [2.75, 3.05) is 19.5 Å². The molecule has 0 saturated heterocycles. The number of nitrogens with zero attached hydrogens (tertiary/aromatic N) is 1. The maximum absolute atomic E-state index is 6.28. The molecule has 28 heavy (non-hydrogen) atoms. The lowest BCUT2D eigenvalue weighted by Crippen LogP contribution is -2.41. The van der Waals surface area contributed by atoms with Crippen molar-refractivity contribution in [3.63, 3.8) is 0 Å². The average Bonchev–Trinajstić information content (AvgIpc) is 3.23. The number of aryl methyl sites for hydroxylation is 1. The lowest BCUT2D eigenvalue weighted by Gasteiger charge is -2.32. The number of benzene rings is 2. The van der Waals surface area contributed by atoms with Crippen molar-refractivity contribution < 1.29 is 9.47 Å². The van der Waals surface area contributed by atoms with Gasteiger partial charge in [0.25, 0.3) is 0 Å².